The summed E-state index contributed by atoms with van der Waals surface area (Å²) < 4.78 is 5.85. The first-order chi connectivity index (χ1) is 9.63. The molecule has 0 saturated heterocycles. The number of hydrogen-bond donors (Lipinski definition) is 2. The third-order valence-electron chi connectivity index (χ3n) is 3.48. The van der Waals surface area contributed by atoms with E-state index in [0.29, 0.717) is 17.9 Å². The minimum Gasteiger partial charge on any atom is -0.455 e. The number of aryl methyl sites for hydroxylation is 2. The van der Waals surface area contributed by atoms with Gasteiger partial charge < -0.3 is 15.8 Å². The summed E-state index contributed by atoms with van der Waals surface area (Å²) in [5.41, 5.74) is 9.61. The molecule has 102 valence electrons. The van der Waals surface area contributed by atoms with Crippen molar-refractivity contribution >= 4 is 17.3 Å². The highest BCUT2D eigenvalue weighted by atomic mass is 16.5. The van der Waals surface area contributed by atoms with Crippen molar-refractivity contribution in [3.8, 4) is 11.5 Å². The van der Waals surface area contributed by atoms with Crippen molar-refractivity contribution in [2.24, 2.45) is 0 Å². The number of fused-ring (bicyclic) bond motifs is 1. The average molecular weight is 268 g/mol. The molecule has 3 rings (SSSR count). The minimum atomic E-state index is 0.0640. The van der Waals surface area contributed by atoms with Gasteiger partial charge in [0, 0.05) is 12.1 Å². The monoisotopic (exact) mass is 268 g/mol. The van der Waals surface area contributed by atoms with Gasteiger partial charge in [0.2, 0.25) is 5.91 Å². The third-order valence-corrected chi connectivity index (χ3v) is 3.48. The van der Waals surface area contributed by atoms with E-state index in [-0.39, 0.29) is 5.91 Å². The second-order valence-corrected chi connectivity index (χ2v) is 4.96. The highest BCUT2D eigenvalue weighted by Gasteiger charge is 2.15. The Balaban J connectivity index is 1.88. The molecule has 4 heteroatoms. The normalized spacial score (nSPS) is 13.6. The van der Waals surface area contributed by atoms with Crippen molar-refractivity contribution < 1.29 is 9.53 Å². The first kappa shape index (κ1) is 12.5. The Morgan fingerprint density at radius 3 is 2.90 bits per heavy atom. The summed E-state index contributed by atoms with van der Waals surface area (Å²) in [6.45, 7) is 1.95. The summed E-state index contributed by atoms with van der Waals surface area (Å²) in [6, 6.07) is 11.4. The number of nitrogens with one attached hydrogen (secondary N) is 1. The van der Waals surface area contributed by atoms with E-state index in [1.54, 1.807) is 0 Å². The first-order valence-corrected chi connectivity index (χ1v) is 6.59. The number of para-hydroxylation sites is 1. The number of anilines is 2. The van der Waals surface area contributed by atoms with E-state index in [0.717, 1.165) is 29.0 Å². The van der Waals surface area contributed by atoms with Crippen molar-refractivity contribution in [2.45, 2.75) is 19.8 Å². The van der Waals surface area contributed by atoms with E-state index in [1.807, 2.05) is 43.3 Å². The average Bonchev–Trinajstić information content (AvgIpc) is 2.44. The fourth-order valence-corrected chi connectivity index (χ4v) is 2.29. The zero-order valence-electron chi connectivity index (χ0n) is 11.3. The standard InChI is InChI=1S/C16H16N2O2/c1-10-3-2-4-14(16(10)17)20-12-6-7-13-11(9-12)5-8-15(19)18-13/h2-4,6-7,9H,5,8,17H2,1H3,(H,18,19). The molecule has 20 heavy (non-hydrogen) atoms. The van der Waals surface area contributed by atoms with Gasteiger partial charge in [-0.1, -0.05) is 12.1 Å². The topological polar surface area (TPSA) is 64.3 Å². The zero-order chi connectivity index (χ0) is 14.1. The third kappa shape index (κ3) is 2.32. The van der Waals surface area contributed by atoms with E-state index in [1.165, 1.54) is 0 Å². The summed E-state index contributed by atoms with van der Waals surface area (Å²) in [4.78, 5) is 11.3. The first-order valence-electron chi connectivity index (χ1n) is 6.59. The van der Waals surface area contributed by atoms with E-state index >= 15 is 0 Å². The number of ether oxygens (including phenoxy) is 1. The molecule has 1 aliphatic rings. The minimum absolute atomic E-state index is 0.0640. The van der Waals surface area contributed by atoms with Crippen molar-refractivity contribution in [3.05, 3.63) is 47.5 Å². The molecule has 0 radical (unpaired) electrons. The van der Waals surface area contributed by atoms with Crippen LogP contribution >= 0.6 is 0 Å². The molecular weight excluding hydrogens is 252 g/mol. The van der Waals surface area contributed by atoms with Crippen molar-refractivity contribution in [2.75, 3.05) is 11.1 Å². The van der Waals surface area contributed by atoms with E-state index in [4.69, 9.17) is 10.5 Å². The van der Waals surface area contributed by atoms with Crippen LogP contribution in [0.4, 0.5) is 11.4 Å². The van der Waals surface area contributed by atoms with Crippen LogP contribution in [0, 0.1) is 6.92 Å². The number of amides is 1. The van der Waals surface area contributed by atoms with E-state index in [9.17, 15) is 4.79 Å². The summed E-state index contributed by atoms with van der Waals surface area (Å²) in [7, 11) is 0. The van der Waals surface area contributed by atoms with Crippen LogP contribution in [0.2, 0.25) is 0 Å². The molecule has 3 N–H and O–H groups in total. The van der Waals surface area contributed by atoms with Crippen LogP contribution in [0.5, 0.6) is 11.5 Å². The second kappa shape index (κ2) is 4.89. The Bertz CT molecular complexity index is 680. The van der Waals surface area contributed by atoms with Crippen LogP contribution in [0.25, 0.3) is 0 Å². The molecular formula is C16H16N2O2. The fourth-order valence-electron chi connectivity index (χ4n) is 2.29. The lowest BCUT2D eigenvalue weighted by Crippen LogP contribution is -2.18. The molecule has 0 saturated carbocycles. The Morgan fingerprint density at radius 1 is 1.20 bits per heavy atom. The number of nitrogen functional groups attached to an aromatic ring is 1. The SMILES string of the molecule is Cc1cccc(Oc2ccc3c(c2)CCC(=O)N3)c1N. The molecule has 4 nitrogen and oxygen atoms in total. The van der Waals surface area contributed by atoms with Crippen molar-refractivity contribution in [1.82, 2.24) is 0 Å². The van der Waals surface area contributed by atoms with Crippen LogP contribution in [-0.2, 0) is 11.2 Å². The molecule has 0 aromatic heterocycles. The Labute approximate surface area is 117 Å². The number of nitrogens with two attached hydrogens (primary N) is 1. The quantitative estimate of drug-likeness (QED) is 0.822. The van der Waals surface area contributed by atoms with Crippen LogP contribution in [-0.4, -0.2) is 5.91 Å². The van der Waals surface area contributed by atoms with Crippen molar-refractivity contribution in [1.29, 1.82) is 0 Å². The van der Waals surface area contributed by atoms with Gasteiger partial charge in [0.1, 0.15) is 5.75 Å². The highest BCUT2D eigenvalue weighted by molar-refractivity contribution is 5.94. The van der Waals surface area contributed by atoms with E-state index < -0.39 is 0 Å². The maximum atomic E-state index is 11.3. The molecule has 0 atom stereocenters. The molecule has 0 spiro atoms. The van der Waals surface area contributed by atoms with Crippen LogP contribution in [0.15, 0.2) is 36.4 Å². The fraction of sp³-hybridized carbons (Fsp3) is 0.188. The van der Waals surface area contributed by atoms with Gasteiger partial charge in [-0.3, -0.25) is 4.79 Å². The predicted octanol–water partition coefficient (Wildman–Crippen LogP) is 3.25. The number of hydrogen-bond acceptors (Lipinski definition) is 3. The van der Waals surface area contributed by atoms with Gasteiger partial charge >= 0.3 is 0 Å². The summed E-state index contributed by atoms with van der Waals surface area (Å²) in [5, 5.41) is 2.85. The molecule has 0 unspecified atom stereocenters. The van der Waals surface area contributed by atoms with Crippen LogP contribution in [0.3, 0.4) is 0 Å². The molecule has 0 fully saturated rings. The number of rotatable bonds is 2. The summed E-state index contributed by atoms with van der Waals surface area (Å²) in [5.74, 6) is 1.45. The largest absolute Gasteiger partial charge is 0.455 e. The molecule has 0 bridgehead atoms. The maximum absolute atomic E-state index is 11.3. The van der Waals surface area contributed by atoms with Crippen LogP contribution in [0.1, 0.15) is 17.5 Å². The summed E-state index contributed by atoms with van der Waals surface area (Å²) in [6.07, 6.45) is 1.25. The van der Waals surface area contributed by atoms with Gasteiger partial charge in [0.25, 0.3) is 0 Å². The maximum Gasteiger partial charge on any atom is 0.224 e. The van der Waals surface area contributed by atoms with Gasteiger partial charge in [-0.05, 0) is 48.7 Å². The Kier molecular flexibility index (Phi) is 3.06. The number of carbonyl (C=O) groups excluding carboxylic acids is 1. The Hall–Kier alpha value is -2.49. The zero-order valence-corrected chi connectivity index (χ0v) is 11.3. The van der Waals surface area contributed by atoms with E-state index in [2.05, 4.69) is 5.32 Å². The Morgan fingerprint density at radius 2 is 2.05 bits per heavy atom. The molecule has 1 heterocycles. The lowest BCUT2D eigenvalue weighted by molar-refractivity contribution is -0.116. The van der Waals surface area contributed by atoms with Gasteiger partial charge in [0.15, 0.2) is 5.75 Å². The highest BCUT2D eigenvalue weighted by Crippen LogP contribution is 2.32. The number of carbonyl (C=O) groups is 1. The predicted molar refractivity (Wildman–Crippen MR) is 79.1 cm³/mol. The van der Waals surface area contributed by atoms with Gasteiger partial charge in [0.05, 0.1) is 5.69 Å². The lowest BCUT2D eigenvalue weighted by atomic mass is 10.0. The molecule has 2 aromatic rings. The molecule has 0 aliphatic carbocycles. The van der Waals surface area contributed by atoms with Crippen molar-refractivity contribution in [3.63, 3.8) is 0 Å². The summed E-state index contributed by atoms with van der Waals surface area (Å²) >= 11 is 0. The molecule has 1 amide bonds. The van der Waals surface area contributed by atoms with Gasteiger partial charge in [-0.25, -0.2) is 0 Å². The number of benzene rings is 2. The second-order valence-electron chi connectivity index (χ2n) is 4.96. The van der Waals surface area contributed by atoms with Gasteiger partial charge in [-0.2, -0.15) is 0 Å². The molecule has 1 aliphatic heterocycles. The van der Waals surface area contributed by atoms with Crippen LogP contribution < -0.4 is 15.8 Å². The van der Waals surface area contributed by atoms with Gasteiger partial charge in [-0.15, -0.1) is 0 Å². The smallest absolute Gasteiger partial charge is 0.224 e. The lowest BCUT2D eigenvalue weighted by Gasteiger charge is -2.18. The molecule has 2 aromatic carbocycles.